The van der Waals surface area contributed by atoms with Crippen molar-refractivity contribution in [1.82, 2.24) is 9.21 Å². The SMILES string of the molecule is Cc1cccc(S(=O)(=O)N2C[C@@H]3[C@@H](CN4CCCC4=O)CO[C@@H]3C2)c1. The number of aryl methyl sites for hydroxylation is 1. The van der Waals surface area contributed by atoms with E-state index in [-0.39, 0.29) is 23.8 Å². The van der Waals surface area contributed by atoms with Crippen molar-refractivity contribution in [3.63, 3.8) is 0 Å². The van der Waals surface area contributed by atoms with Crippen molar-refractivity contribution in [2.45, 2.75) is 30.8 Å². The second-order valence-electron chi connectivity index (χ2n) is 7.38. The molecule has 0 N–H and O–H groups in total. The summed E-state index contributed by atoms with van der Waals surface area (Å²) in [5.41, 5.74) is 0.933. The third-order valence-corrected chi connectivity index (χ3v) is 7.49. The number of rotatable bonds is 4. The average Bonchev–Trinajstić information content (AvgIpc) is 3.26. The fourth-order valence-electron chi connectivity index (χ4n) is 4.25. The second kappa shape index (κ2) is 6.37. The summed E-state index contributed by atoms with van der Waals surface area (Å²) in [5, 5.41) is 0. The Morgan fingerprint density at radius 3 is 2.84 bits per heavy atom. The van der Waals surface area contributed by atoms with E-state index in [1.165, 1.54) is 0 Å². The van der Waals surface area contributed by atoms with Gasteiger partial charge in [-0.25, -0.2) is 8.42 Å². The topological polar surface area (TPSA) is 66.9 Å². The zero-order chi connectivity index (χ0) is 17.6. The van der Waals surface area contributed by atoms with Crippen LogP contribution in [0.2, 0.25) is 0 Å². The molecule has 3 saturated heterocycles. The van der Waals surface area contributed by atoms with Crippen LogP contribution in [0.5, 0.6) is 0 Å². The van der Waals surface area contributed by atoms with Gasteiger partial charge in [0.25, 0.3) is 0 Å². The minimum absolute atomic E-state index is 0.0534. The molecule has 6 nitrogen and oxygen atoms in total. The molecular formula is C18H24N2O4S. The maximum Gasteiger partial charge on any atom is 0.243 e. The molecule has 1 aromatic carbocycles. The highest BCUT2D eigenvalue weighted by molar-refractivity contribution is 7.89. The van der Waals surface area contributed by atoms with Gasteiger partial charge >= 0.3 is 0 Å². The predicted octanol–water partition coefficient (Wildman–Crippen LogP) is 1.25. The number of sulfonamides is 1. The zero-order valence-corrected chi connectivity index (χ0v) is 15.2. The van der Waals surface area contributed by atoms with E-state index >= 15 is 0 Å². The Labute approximate surface area is 148 Å². The number of fused-ring (bicyclic) bond motifs is 1. The molecular weight excluding hydrogens is 340 g/mol. The summed E-state index contributed by atoms with van der Waals surface area (Å²) >= 11 is 0. The molecule has 3 fully saturated rings. The minimum atomic E-state index is -3.49. The van der Waals surface area contributed by atoms with Crippen molar-refractivity contribution in [2.75, 3.05) is 32.8 Å². The van der Waals surface area contributed by atoms with Gasteiger partial charge < -0.3 is 9.64 Å². The number of hydrogen-bond donors (Lipinski definition) is 0. The molecule has 1 amide bonds. The standard InChI is InChI=1S/C18H24N2O4S/c1-13-4-2-5-15(8-13)25(22,23)20-10-16-14(12-24-17(16)11-20)9-19-7-3-6-18(19)21/h2,4-5,8,14,16-17H,3,6-7,9-12H2,1H3/t14-,16+,17+/m0/s1. The van der Waals surface area contributed by atoms with Crippen LogP contribution in [-0.2, 0) is 19.6 Å². The highest BCUT2D eigenvalue weighted by Crippen LogP contribution is 2.37. The smallest absolute Gasteiger partial charge is 0.243 e. The van der Waals surface area contributed by atoms with Gasteiger partial charge in [-0.15, -0.1) is 0 Å². The molecule has 0 aromatic heterocycles. The molecule has 0 spiro atoms. The van der Waals surface area contributed by atoms with Crippen LogP contribution in [0, 0.1) is 18.8 Å². The van der Waals surface area contributed by atoms with E-state index in [0.717, 1.165) is 18.5 Å². The number of likely N-dealkylation sites (tertiary alicyclic amines) is 1. The molecule has 3 atom stereocenters. The molecule has 0 aliphatic carbocycles. The number of amides is 1. The fraction of sp³-hybridized carbons (Fsp3) is 0.611. The summed E-state index contributed by atoms with van der Waals surface area (Å²) in [5.74, 6) is 0.614. The van der Waals surface area contributed by atoms with Crippen LogP contribution in [0.3, 0.4) is 0 Å². The molecule has 4 rings (SSSR count). The van der Waals surface area contributed by atoms with Gasteiger partial charge in [-0.2, -0.15) is 4.31 Å². The lowest BCUT2D eigenvalue weighted by Crippen LogP contribution is -2.36. The normalized spacial score (nSPS) is 30.2. The monoisotopic (exact) mass is 364 g/mol. The van der Waals surface area contributed by atoms with Gasteiger partial charge in [-0.3, -0.25) is 4.79 Å². The fourth-order valence-corrected chi connectivity index (χ4v) is 5.85. The summed E-state index contributed by atoms with van der Waals surface area (Å²) in [7, 11) is -3.49. The Morgan fingerprint density at radius 2 is 2.12 bits per heavy atom. The Kier molecular flexibility index (Phi) is 4.33. The van der Waals surface area contributed by atoms with E-state index in [1.807, 2.05) is 17.9 Å². The van der Waals surface area contributed by atoms with Gasteiger partial charge in [-0.1, -0.05) is 12.1 Å². The van der Waals surface area contributed by atoms with Crippen LogP contribution in [0.4, 0.5) is 0 Å². The van der Waals surface area contributed by atoms with E-state index in [9.17, 15) is 13.2 Å². The first-order valence-corrected chi connectivity index (χ1v) is 10.4. The molecule has 136 valence electrons. The second-order valence-corrected chi connectivity index (χ2v) is 9.32. The highest BCUT2D eigenvalue weighted by Gasteiger charge is 2.48. The molecule has 0 unspecified atom stereocenters. The maximum absolute atomic E-state index is 12.9. The quantitative estimate of drug-likeness (QED) is 0.807. The number of nitrogens with zero attached hydrogens (tertiary/aromatic N) is 2. The number of ether oxygens (including phenoxy) is 1. The first-order valence-electron chi connectivity index (χ1n) is 8.91. The van der Waals surface area contributed by atoms with Crippen LogP contribution in [0.25, 0.3) is 0 Å². The summed E-state index contributed by atoms with van der Waals surface area (Å²) < 4.78 is 33.3. The summed E-state index contributed by atoms with van der Waals surface area (Å²) in [4.78, 5) is 14.1. The van der Waals surface area contributed by atoms with Crippen LogP contribution in [-0.4, -0.2) is 62.4 Å². The molecule has 7 heteroatoms. The van der Waals surface area contributed by atoms with Gasteiger partial charge in [0.15, 0.2) is 0 Å². The first kappa shape index (κ1) is 17.0. The van der Waals surface area contributed by atoms with Gasteiger partial charge in [0, 0.05) is 44.4 Å². The van der Waals surface area contributed by atoms with Gasteiger partial charge in [0.2, 0.25) is 15.9 Å². The molecule has 3 aliphatic heterocycles. The van der Waals surface area contributed by atoms with Gasteiger partial charge in [0.05, 0.1) is 17.6 Å². The van der Waals surface area contributed by atoms with E-state index in [1.54, 1.807) is 22.5 Å². The Balaban J connectivity index is 1.48. The van der Waals surface area contributed by atoms with Crippen molar-refractivity contribution < 1.29 is 17.9 Å². The third-order valence-electron chi connectivity index (χ3n) is 5.66. The largest absolute Gasteiger partial charge is 0.376 e. The molecule has 3 aliphatic rings. The van der Waals surface area contributed by atoms with Crippen LogP contribution >= 0.6 is 0 Å². The number of hydrogen-bond acceptors (Lipinski definition) is 4. The minimum Gasteiger partial charge on any atom is -0.376 e. The van der Waals surface area contributed by atoms with Crippen LogP contribution < -0.4 is 0 Å². The summed E-state index contributed by atoms with van der Waals surface area (Å²) in [6.45, 7) is 4.91. The molecule has 3 heterocycles. The van der Waals surface area contributed by atoms with E-state index in [0.29, 0.717) is 37.6 Å². The number of carbonyl (C=O) groups excluding carboxylic acids is 1. The predicted molar refractivity (Wildman–Crippen MR) is 92.5 cm³/mol. The number of benzene rings is 1. The molecule has 0 radical (unpaired) electrons. The van der Waals surface area contributed by atoms with E-state index in [4.69, 9.17) is 4.74 Å². The van der Waals surface area contributed by atoms with E-state index in [2.05, 4.69) is 0 Å². The van der Waals surface area contributed by atoms with Crippen LogP contribution in [0.1, 0.15) is 18.4 Å². The Bertz CT molecular complexity index is 779. The third kappa shape index (κ3) is 3.09. The van der Waals surface area contributed by atoms with Gasteiger partial charge in [-0.05, 0) is 31.0 Å². The van der Waals surface area contributed by atoms with Crippen molar-refractivity contribution in [2.24, 2.45) is 11.8 Å². The Hall–Kier alpha value is -1.44. The molecule has 25 heavy (non-hydrogen) atoms. The first-order chi connectivity index (χ1) is 11.9. The van der Waals surface area contributed by atoms with Crippen LogP contribution in [0.15, 0.2) is 29.2 Å². The molecule has 1 aromatic rings. The lowest BCUT2D eigenvalue weighted by Gasteiger charge is -2.24. The lowest BCUT2D eigenvalue weighted by atomic mass is 9.93. The molecule has 0 saturated carbocycles. The molecule has 0 bridgehead atoms. The Morgan fingerprint density at radius 1 is 1.28 bits per heavy atom. The zero-order valence-electron chi connectivity index (χ0n) is 14.4. The average molecular weight is 364 g/mol. The van der Waals surface area contributed by atoms with Crippen molar-refractivity contribution in [1.29, 1.82) is 0 Å². The van der Waals surface area contributed by atoms with Crippen molar-refractivity contribution in [3.05, 3.63) is 29.8 Å². The van der Waals surface area contributed by atoms with Crippen molar-refractivity contribution in [3.8, 4) is 0 Å². The van der Waals surface area contributed by atoms with Gasteiger partial charge in [0.1, 0.15) is 0 Å². The highest BCUT2D eigenvalue weighted by atomic mass is 32.2. The maximum atomic E-state index is 12.9. The summed E-state index contributed by atoms with van der Waals surface area (Å²) in [6, 6.07) is 7.03. The van der Waals surface area contributed by atoms with E-state index < -0.39 is 10.0 Å². The number of carbonyl (C=O) groups is 1. The van der Waals surface area contributed by atoms with Crippen molar-refractivity contribution >= 4 is 15.9 Å². The lowest BCUT2D eigenvalue weighted by molar-refractivity contribution is -0.128. The summed E-state index contributed by atoms with van der Waals surface area (Å²) in [6.07, 6.45) is 1.51.